The minimum atomic E-state index is -0.969. The highest BCUT2D eigenvalue weighted by Crippen LogP contribution is 2.35. The first-order valence-electron chi connectivity index (χ1n) is 11.0. The van der Waals surface area contributed by atoms with Crippen LogP contribution in [0, 0.1) is 0 Å². The highest BCUT2D eigenvalue weighted by Gasteiger charge is 2.18. The van der Waals surface area contributed by atoms with E-state index < -0.39 is 5.97 Å². The zero-order valence-corrected chi connectivity index (χ0v) is 18.4. The van der Waals surface area contributed by atoms with Crippen molar-refractivity contribution in [3.05, 3.63) is 132 Å². The molecule has 0 amide bonds. The third kappa shape index (κ3) is 4.30. The number of hydrogen-bond acceptors (Lipinski definition) is 2. The van der Waals surface area contributed by atoms with Crippen LogP contribution in [0.1, 0.15) is 15.9 Å². The number of aromatic nitrogens is 1. The van der Waals surface area contributed by atoms with E-state index in [0.717, 1.165) is 33.8 Å². The quantitative estimate of drug-likeness (QED) is 0.281. The number of carboxylic acid groups (broad SMARTS) is 1. The molecule has 34 heavy (non-hydrogen) atoms. The van der Waals surface area contributed by atoms with Gasteiger partial charge in [-0.3, -0.25) is 4.99 Å². The Morgan fingerprint density at radius 2 is 1.32 bits per heavy atom. The van der Waals surface area contributed by atoms with Crippen LogP contribution in [0.2, 0.25) is 0 Å². The summed E-state index contributed by atoms with van der Waals surface area (Å²) in [5.74, 6) is -0.969. The van der Waals surface area contributed by atoms with Gasteiger partial charge in [-0.2, -0.15) is 0 Å². The van der Waals surface area contributed by atoms with E-state index in [0.29, 0.717) is 5.69 Å². The molecular weight excluding hydrogens is 420 g/mol. The fourth-order valence-electron chi connectivity index (χ4n) is 4.05. The summed E-state index contributed by atoms with van der Waals surface area (Å²) in [6.45, 7) is 0. The number of para-hydroxylation sites is 1. The molecule has 0 spiro atoms. The van der Waals surface area contributed by atoms with Gasteiger partial charge in [0.25, 0.3) is 0 Å². The van der Waals surface area contributed by atoms with Crippen LogP contribution in [0.25, 0.3) is 28.2 Å². The molecule has 0 saturated heterocycles. The van der Waals surface area contributed by atoms with Crippen LogP contribution in [0.3, 0.4) is 0 Å². The predicted molar refractivity (Wildman–Crippen MR) is 137 cm³/mol. The number of aliphatic imine (C=N–C) groups is 1. The summed E-state index contributed by atoms with van der Waals surface area (Å²) in [6.07, 6.45) is 1.81. The van der Waals surface area contributed by atoms with Crippen LogP contribution in [0.15, 0.2) is 126 Å². The molecule has 1 aromatic heterocycles. The van der Waals surface area contributed by atoms with E-state index in [-0.39, 0.29) is 5.56 Å². The average molecular weight is 443 g/mol. The minimum absolute atomic E-state index is 0.213. The summed E-state index contributed by atoms with van der Waals surface area (Å²) in [4.78, 5) is 16.0. The molecule has 0 unspecified atom stereocenters. The van der Waals surface area contributed by atoms with Crippen LogP contribution in [0.5, 0.6) is 0 Å². The first-order chi connectivity index (χ1) is 16.7. The zero-order chi connectivity index (χ0) is 23.3. The summed E-state index contributed by atoms with van der Waals surface area (Å²) in [5.41, 5.74) is 7.01. The fourth-order valence-corrected chi connectivity index (χ4v) is 4.05. The minimum Gasteiger partial charge on any atom is -0.478 e. The van der Waals surface area contributed by atoms with Gasteiger partial charge in [0.1, 0.15) is 0 Å². The van der Waals surface area contributed by atoms with Gasteiger partial charge in [0, 0.05) is 17.5 Å². The number of rotatable bonds is 6. The Balaban J connectivity index is 1.74. The second kappa shape index (κ2) is 9.43. The third-order valence-electron chi connectivity index (χ3n) is 5.61. The summed E-state index contributed by atoms with van der Waals surface area (Å²) >= 11 is 0. The Labute approximate surface area is 198 Å². The largest absolute Gasteiger partial charge is 0.478 e. The van der Waals surface area contributed by atoms with Crippen molar-refractivity contribution in [3.8, 4) is 28.2 Å². The van der Waals surface area contributed by atoms with Gasteiger partial charge < -0.3 is 9.67 Å². The molecule has 5 aromatic rings. The van der Waals surface area contributed by atoms with E-state index >= 15 is 0 Å². The molecule has 0 saturated carbocycles. The van der Waals surface area contributed by atoms with E-state index in [9.17, 15) is 9.90 Å². The normalized spacial score (nSPS) is 11.1. The maximum atomic E-state index is 11.4. The molecule has 0 aliphatic rings. The summed E-state index contributed by atoms with van der Waals surface area (Å²) in [5, 5.41) is 9.32. The lowest BCUT2D eigenvalue weighted by molar-refractivity contribution is 0.0697. The lowest BCUT2D eigenvalue weighted by Gasteiger charge is -2.15. The lowest BCUT2D eigenvalue weighted by Crippen LogP contribution is -2.00. The Morgan fingerprint density at radius 3 is 1.97 bits per heavy atom. The highest BCUT2D eigenvalue weighted by molar-refractivity contribution is 5.95. The van der Waals surface area contributed by atoms with Crippen molar-refractivity contribution in [1.29, 1.82) is 0 Å². The predicted octanol–water partition coefficient (Wildman–Crippen LogP) is 7.26. The van der Waals surface area contributed by atoms with Gasteiger partial charge in [0.15, 0.2) is 0 Å². The Morgan fingerprint density at radius 1 is 0.706 bits per heavy atom. The monoisotopic (exact) mass is 442 g/mol. The molecule has 5 rings (SSSR count). The third-order valence-corrected chi connectivity index (χ3v) is 5.61. The SMILES string of the molecule is O=C(O)c1cccc(N=Cc2cc(-c3ccccc3)n(-c3ccccc3)c2-c2ccccc2)c1. The zero-order valence-electron chi connectivity index (χ0n) is 18.4. The number of hydrogen-bond donors (Lipinski definition) is 1. The molecule has 4 nitrogen and oxygen atoms in total. The first kappa shape index (κ1) is 21.2. The standard InChI is InChI=1S/C30H22N2O2/c33-30(34)24-15-10-16-26(19-24)31-21-25-20-28(22-11-4-1-5-12-22)32(27-17-8-3-9-18-27)29(25)23-13-6-2-7-14-23/h1-21H,(H,33,34). The van der Waals surface area contributed by atoms with E-state index in [1.807, 2.05) is 60.8 Å². The van der Waals surface area contributed by atoms with Gasteiger partial charge in [-0.05, 0) is 47.5 Å². The Kier molecular flexibility index (Phi) is 5.87. The average Bonchev–Trinajstić information content (AvgIpc) is 3.29. The van der Waals surface area contributed by atoms with Crippen molar-refractivity contribution in [2.24, 2.45) is 4.99 Å². The van der Waals surface area contributed by atoms with Crippen LogP contribution < -0.4 is 0 Å². The summed E-state index contributed by atoms with van der Waals surface area (Å²) in [7, 11) is 0. The van der Waals surface area contributed by atoms with Crippen LogP contribution in [0.4, 0.5) is 5.69 Å². The molecule has 1 heterocycles. The fraction of sp³-hybridized carbons (Fsp3) is 0. The highest BCUT2D eigenvalue weighted by atomic mass is 16.4. The molecular formula is C30H22N2O2. The van der Waals surface area contributed by atoms with E-state index in [1.165, 1.54) is 0 Å². The molecule has 0 fully saturated rings. The van der Waals surface area contributed by atoms with Gasteiger partial charge in [-0.15, -0.1) is 0 Å². The van der Waals surface area contributed by atoms with E-state index in [4.69, 9.17) is 0 Å². The smallest absolute Gasteiger partial charge is 0.335 e. The van der Waals surface area contributed by atoms with Gasteiger partial charge >= 0.3 is 5.97 Å². The van der Waals surface area contributed by atoms with Crippen LogP contribution in [-0.4, -0.2) is 21.9 Å². The lowest BCUT2D eigenvalue weighted by atomic mass is 10.1. The molecule has 0 aliphatic carbocycles. The molecule has 0 atom stereocenters. The van der Waals surface area contributed by atoms with Crippen molar-refractivity contribution >= 4 is 17.9 Å². The van der Waals surface area contributed by atoms with E-state index in [1.54, 1.807) is 24.3 Å². The molecule has 0 bridgehead atoms. The summed E-state index contributed by atoms with van der Waals surface area (Å²) < 4.78 is 2.25. The van der Waals surface area contributed by atoms with Crippen molar-refractivity contribution in [2.45, 2.75) is 0 Å². The van der Waals surface area contributed by atoms with Crippen LogP contribution >= 0.6 is 0 Å². The second-order valence-corrected chi connectivity index (χ2v) is 7.85. The summed E-state index contributed by atoms with van der Waals surface area (Å²) in [6, 6.07) is 39.5. The Hall–Kier alpha value is -4.70. The van der Waals surface area contributed by atoms with Gasteiger partial charge in [0.2, 0.25) is 0 Å². The maximum absolute atomic E-state index is 11.4. The van der Waals surface area contributed by atoms with Crippen molar-refractivity contribution in [1.82, 2.24) is 4.57 Å². The topological polar surface area (TPSA) is 54.6 Å². The van der Waals surface area contributed by atoms with E-state index in [2.05, 4.69) is 52.0 Å². The van der Waals surface area contributed by atoms with Crippen LogP contribution in [-0.2, 0) is 0 Å². The molecule has 4 aromatic carbocycles. The van der Waals surface area contributed by atoms with Crippen molar-refractivity contribution in [3.63, 3.8) is 0 Å². The second-order valence-electron chi connectivity index (χ2n) is 7.85. The molecule has 0 aliphatic heterocycles. The van der Waals surface area contributed by atoms with Crippen molar-refractivity contribution < 1.29 is 9.90 Å². The van der Waals surface area contributed by atoms with Crippen molar-refractivity contribution in [2.75, 3.05) is 0 Å². The molecule has 0 radical (unpaired) electrons. The molecule has 4 heteroatoms. The number of benzene rings is 4. The number of carboxylic acids is 1. The number of aromatic carboxylic acids is 1. The maximum Gasteiger partial charge on any atom is 0.335 e. The van der Waals surface area contributed by atoms with Gasteiger partial charge in [-0.1, -0.05) is 84.9 Å². The Bertz CT molecular complexity index is 1450. The van der Waals surface area contributed by atoms with Gasteiger partial charge in [0.05, 0.1) is 22.6 Å². The number of carbonyl (C=O) groups is 1. The number of nitrogens with zero attached hydrogens (tertiary/aromatic N) is 2. The molecule has 1 N–H and O–H groups in total. The van der Waals surface area contributed by atoms with Gasteiger partial charge in [-0.25, -0.2) is 4.79 Å². The molecule has 164 valence electrons. The first-order valence-corrected chi connectivity index (χ1v) is 11.0.